The van der Waals surface area contributed by atoms with E-state index in [9.17, 15) is 14.4 Å². The number of aromatic nitrogens is 1. The Hall–Kier alpha value is -2.11. The van der Waals surface area contributed by atoms with Crippen LogP contribution in [0.3, 0.4) is 0 Å². The fraction of sp³-hybridized carbons (Fsp3) is 0.500. The smallest absolute Gasteiger partial charge is 0.308 e. The van der Waals surface area contributed by atoms with Crippen molar-refractivity contribution in [2.75, 3.05) is 6.54 Å². The zero-order valence-corrected chi connectivity index (χ0v) is 11.6. The minimum atomic E-state index is -0.913. The van der Waals surface area contributed by atoms with Crippen LogP contribution < -0.4 is 5.56 Å². The number of aliphatic carboxylic acids is 1. The summed E-state index contributed by atoms with van der Waals surface area (Å²) in [6.07, 6.45) is 3.30. The maximum absolute atomic E-state index is 12.5. The highest BCUT2D eigenvalue weighted by atomic mass is 16.4. The number of nitrogens with zero attached hydrogens (tertiary/aromatic N) is 2. The fourth-order valence-corrected chi connectivity index (χ4v) is 2.04. The largest absolute Gasteiger partial charge is 0.481 e. The van der Waals surface area contributed by atoms with E-state index >= 15 is 0 Å². The van der Waals surface area contributed by atoms with E-state index < -0.39 is 11.9 Å². The molecular formula is C14H18N2O4. The van der Waals surface area contributed by atoms with Gasteiger partial charge in [-0.05, 0) is 18.9 Å². The zero-order valence-electron chi connectivity index (χ0n) is 11.6. The molecule has 0 radical (unpaired) electrons. The summed E-state index contributed by atoms with van der Waals surface area (Å²) in [5.74, 6) is -1.73. The molecule has 1 aromatic rings. The highest BCUT2D eigenvalue weighted by Gasteiger charge is 2.35. The van der Waals surface area contributed by atoms with Gasteiger partial charge in [0.1, 0.15) is 0 Å². The number of carboxylic acids is 1. The van der Waals surface area contributed by atoms with Gasteiger partial charge in [0.05, 0.1) is 11.5 Å². The molecule has 1 saturated carbocycles. The number of amides is 1. The van der Waals surface area contributed by atoms with Gasteiger partial charge in [-0.2, -0.15) is 0 Å². The zero-order chi connectivity index (χ0) is 14.9. The normalized spacial score (nSPS) is 15.7. The molecular weight excluding hydrogens is 260 g/mol. The summed E-state index contributed by atoms with van der Waals surface area (Å²) in [5, 5.41) is 8.98. The average molecular weight is 278 g/mol. The summed E-state index contributed by atoms with van der Waals surface area (Å²) >= 11 is 0. The minimum Gasteiger partial charge on any atom is -0.481 e. The van der Waals surface area contributed by atoms with E-state index in [0.717, 1.165) is 12.8 Å². The van der Waals surface area contributed by atoms with Crippen LogP contribution in [-0.4, -0.2) is 39.0 Å². The van der Waals surface area contributed by atoms with E-state index in [2.05, 4.69) is 0 Å². The molecule has 6 nitrogen and oxygen atoms in total. The Morgan fingerprint density at radius 2 is 2.10 bits per heavy atom. The second-order valence-corrected chi connectivity index (χ2v) is 5.29. The highest BCUT2D eigenvalue weighted by Crippen LogP contribution is 2.29. The van der Waals surface area contributed by atoms with Gasteiger partial charge >= 0.3 is 5.97 Å². The Morgan fingerprint density at radius 3 is 2.60 bits per heavy atom. The third-order valence-corrected chi connectivity index (χ3v) is 3.47. The van der Waals surface area contributed by atoms with Crippen LogP contribution in [0.2, 0.25) is 0 Å². The van der Waals surface area contributed by atoms with E-state index in [1.165, 1.54) is 22.9 Å². The van der Waals surface area contributed by atoms with Crippen molar-refractivity contribution in [2.45, 2.75) is 25.8 Å². The molecule has 20 heavy (non-hydrogen) atoms. The third kappa shape index (κ3) is 3.07. The van der Waals surface area contributed by atoms with Crippen molar-refractivity contribution in [1.82, 2.24) is 9.47 Å². The molecule has 1 heterocycles. The topological polar surface area (TPSA) is 79.6 Å². The molecule has 1 amide bonds. The Kier molecular flexibility index (Phi) is 3.92. The molecule has 1 N–H and O–H groups in total. The van der Waals surface area contributed by atoms with Gasteiger partial charge < -0.3 is 14.6 Å². The molecule has 1 aliphatic carbocycles. The molecule has 1 atom stereocenters. The van der Waals surface area contributed by atoms with E-state index in [0.29, 0.717) is 5.56 Å². The first-order valence-electron chi connectivity index (χ1n) is 6.60. The summed E-state index contributed by atoms with van der Waals surface area (Å²) in [5.41, 5.74) is 0.231. The van der Waals surface area contributed by atoms with Crippen molar-refractivity contribution in [3.05, 3.63) is 34.2 Å². The summed E-state index contributed by atoms with van der Waals surface area (Å²) < 4.78 is 1.35. The molecule has 0 saturated heterocycles. The predicted octanol–water partition coefficient (Wildman–Crippen LogP) is 0.711. The van der Waals surface area contributed by atoms with Crippen LogP contribution in [0.15, 0.2) is 23.1 Å². The van der Waals surface area contributed by atoms with E-state index in [1.807, 2.05) is 0 Å². The molecule has 0 bridgehead atoms. The summed E-state index contributed by atoms with van der Waals surface area (Å²) in [6.45, 7) is 1.79. The first-order chi connectivity index (χ1) is 9.40. The van der Waals surface area contributed by atoms with Crippen molar-refractivity contribution in [3.63, 3.8) is 0 Å². The second-order valence-electron chi connectivity index (χ2n) is 5.29. The maximum Gasteiger partial charge on any atom is 0.308 e. The molecule has 0 spiro atoms. The van der Waals surface area contributed by atoms with Crippen LogP contribution in [0.1, 0.15) is 30.1 Å². The molecule has 6 heteroatoms. The lowest BCUT2D eigenvalue weighted by Gasteiger charge is -2.24. The minimum absolute atomic E-state index is 0.126. The average Bonchev–Trinajstić information content (AvgIpc) is 3.22. The van der Waals surface area contributed by atoms with Crippen LogP contribution in [0.4, 0.5) is 0 Å². The summed E-state index contributed by atoms with van der Waals surface area (Å²) in [7, 11) is 1.58. The molecule has 0 aromatic carbocycles. The Balaban J connectivity index is 2.20. The van der Waals surface area contributed by atoms with E-state index in [-0.39, 0.29) is 24.1 Å². The fourth-order valence-electron chi connectivity index (χ4n) is 2.04. The lowest BCUT2D eigenvalue weighted by molar-refractivity contribution is -0.141. The number of pyridine rings is 1. The van der Waals surface area contributed by atoms with E-state index in [4.69, 9.17) is 5.11 Å². The van der Waals surface area contributed by atoms with Gasteiger partial charge in [-0.3, -0.25) is 14.4 Å². The van der Waals surface area contributed by atoms with Crippen LogP contribution in [0, 0.1) is 5.92 Å². The van der Waals surface area contributed by atoms with Gasteiger partial charge in [-0.1, -0.05) is 6.92 Å². The van der Waals surface area contributed by atoms with Crippen LogP contribution in [0.25, 0.3) is 0 Å². The van der Waals surface area contributed by atoms with Crippen molar-refractivity contribution >= 4 is 11.9 Å². The van der Waals surface area contributed by atoms with Crippen molar-refractivity contribution < 1.29 is 14.7 Å². The summed E-state index contributed by atoms with van der Waals surface area (Å²) in [4.78, 5) is 36.4. The van der Waals surface area contributed by atoms with Crippen LogP contribution in [0.5, 0.6) is 0 Å². The molecule has 1 unspecified atom stereocenters. The molecule has 1 fully saturated rings. The Labute approximate surface area is 116 Å². The molecule has 108 valence electrons. The standard InChI is InChI=1S/C14H18N2O4/c1-9(14(19)20)7-16(11-4-5-11)13(18)10-3-6-12(17)15(2)8-10/h3,6,8-9,11H,4-5,7H2,1-2H3,(H,19,20). The number of carboxylic acid groups (broad SMARTS) is 1. The van der Waals surface area contributed by atoms with Gasteiger partial charge in [0, 0.05) is 31.9 Å². The van der Waals surface area contributed by atoms with Gasteiger partial charge in [-0.15, -0.1) is 0 Å². The highest BCUT2D eigenvalue weighted by molar-refractivity contribution is 5.94. The molecule has 2 rings (SSSR count). The molecule has 1 aromatic heterocycles. The quantitative estimate of drug-likeness (QED) is 0.860. The number of rotatable bonds is 5. The first kappa shape index (κ1) is 14.3. The molecule has 1 aliphatic rings. The number of hydrogen-bond donors (Lipinski definition) is 1. The van der Waals surface area contributed by atoms with Gasteiger partial charge in [-0.25, -0.2) is 0 Å². The van der Waals surface area contributed by atoms with Gasteiger partial charge in [0.25, 0.3) is 5.91 Å². The van der Waals surface area contributed by atoms with Crippen LogP contribution >= 0.6 is 0 Å². The Bertz CT molecular complexity index is 589. The lowest BCUT2D eigenvalue weighted by Crippen LogP contribution is -2.39. The number of aryl methyl sites for hydroxylation is 1. The monoisotopic (exact) mass is 278 g/mol. The number of hydrogen-bond acceptors (Lipinski definition) is 3. The summed E-state index contributed by atoms with van der Waals surface area (Å²) in [6, 6.07) is 2.96. The Morgan fingerprint density at radius 1 is 1.45 bits per heavy atom. The predicted molar refractivity (Wildman–Crippen MR) is 72.5 cm³/mol. The van der Waals surface area contributed by atoms with E-state index in [1.54, 1.807) is 18.9 Å². The van der Waals surface area contributed by atoms with Gasteiger partial charge in [0.15, 0.2) is 0 Å². The maximum atomic E-state index is 12.5. The number of carbonyl (C=O) groups is 2. The van der Waals surface area contributed by atoms with Crippen molar-refractivity contribution in [3.8, 4) is 0 Å². The number of carbonyl (C=O) groups excluding carboxylic acids is 1. The molecule has 0 aliphatic heterocycles. The third-order valence-electron chi connectivity index (χ3n) is 3.47. The lowest BCUT2D eigenvalue weighted by atomic mass is 10.1. The van der Waals surface area contributed by atoms with Gasteiger partial charge in [0.2, 0.25) is 5.56 Å². The van der Waals surface area contributed by atoms with Crippen molar-refractivity contribution in [2.24, 2.45) is 13.0 Å². The van der Waals surface area contributed by atoms with Crippen LogP contribution in [-0.2, 0) is 11.8 Å². The first-order valence-corrected chi connectivity index (χ1v) is 6.60. The second kappa shape index (κ2) is 5.48. The van der Waals surface area contributed by atoms with Crippen molar-refractivity contribution in [1.29, 1.82) is 0 Å². The SMILES string of the molecule is CC(CN(C(=O)c1ccc(=O)n(C)c1)C1CC1)C(=O)O.